The van der Waals surface area contributed by atoms with Crippen molar-refractivity contribution in [1.82, 2.24) is 40.4 Å². The number of ether oxygens (including phenoxy) is 2. The summed E-state index contributed by atoms with van der Waals surface area (Å²) in [7, 11) is 2.59. The number of carbonyl (C=O) groups excluding carboxylic acids is 4. The summed E-state index contributed by atoms with van der Waals surface area (Å²) >= 11 is 3.38. The van der Waals surface area contributed by atoms with E-state index in [1.54, 1.807) is 22.7 Å². The molecule has 4 atom stereocenters. The number of para-hydroxylation sites is 2. The van der Waals surface area contributed by atoms with E-state index in [1.165, 1.54) is 14.2 Å². The van der Waals surface area contributed by atoms with E-state index in [4.69, 9.17) is 19.4 Å². The Morgan fingerprint density at radius 2 is 1.09 bits per heavy atom. The van der Waals surface area contributed by atoms with Gasteiger partial charge in [-0.15, -0.1) is 22.7 Å². The number of amides is 4. The molecule has 0 aliphatic carbocycles. The highest BCUT2D eigenvalue weighted by Crippen LogP contribution is 2.47. The van der Waals surface area contributed by atoms with Crippen LogP contribution in [-0.2, 0) is 19.1 Å². The second kappa shape index (κ2) is 16.0. The second-order valence-corrected chi connectivity index (χ2v) is 17.5. The van der Waals surface area contributed by atoms with Gasteiger partial charge in [0.1, 0.15) is 23.7 Å². The quantitative estimate of drug-likeness (QED) is 0.107. The number of alkyl carbamates (subject to hydrolysis) is 2. The number of nitrogens with one attached hydrogen (secondary N) is 4. The highest BCUT2D eigenvalue weighted by molar-refractivity contribution is 7.27. The van der Waals surface area contributed by atoms with Crippen LogP contribution in [0.1, 0.15) is 77.1 Å². The van der Waals surface area contributed by atoms with Crippen LogP contribution in [0.3, 0.4) is 0 Å². The van der Waals surface area contributed by atoms with Crippen LogP contribution in [0.2, 0.25) is 0 Å². The van der Waals surface area contributed by atoms with Gasteiger partial charge in [-0.25, -0.2) is 19.6 Å². The Balaban J connectivity index is 1.09. The molecule has 4 aromatic heterocycles. The van der Waals surface area contributed by atoms with Gasteiger partial charge in [0.05, 0.1) is 57.8 Å². The molecule has 2 aromatic carbocycles. The molecule has 2 unspecified atom stereocenters. The van der Waals surface area contributed by atoms with Crippen LogP contribution in [0.15, 0.2) is 47.2 Å². The lowest BCUT2D eigenvalue weighted by molar-refractivity contribution is -0.136. The fourth-order valence-corrected chi connectivity index (χ4v) is 10.9. The van der Waals surface area contributed by atoms with E-state index >= 15 is 0 Å². The fourth-order valence-electron chi connectivity index (χ4n) is 8.43. The number of H-pyrrole nitrogens is 2. The number of aromatic amines is 2. The summed E-state index contributed by atoms with van der Waals surface area (Å²) < 4.78 is 11.9. The Morgan fingerprint density at radius 3 is 1.47 bits per heavy atom. The number of hydrogen-bond acceptors (Lipinski definition) is 10. The van der Waals surface area contributed by atoms with Crippen molar-refractivity contribution in [3.05, 3.63) is 58.8 Å². The number of imidazole rings is 2. The summed E-state index contributed by atoms with van der Waals surface area (Å²) in [6.45, 7) is 8.80. The average Bonchev–Trinajstić information content (AvgIpc) is 4.07. The van der Waals surface area contributed by atoms with Gasteiger partial charge < -0.3 is 39.9 Å². The normalized spacial score (nSPS) is 18.1. The molecule has 304 valence electrons. The lowest BCUT2D eigenvalue weighted by Gasteiger charge is -2.29. The zero-order valence-corrected chi connectivity index (χ0v) is 35.0. The van der Waals surface area contributed by atoms with Gasteiger partial charge in [0.15, 0.2) is 0 Å². The van der Waals surface area contributed by atoms with Gasteiger partial charge >= 0.3 is 12.2 Å². The smallest absolute Gasteiger partial charge is 0.407 e. The number of methoxy groups -OCH3 is 2. The van der Waals surface area contributed by atoms with Gasteiger partial charge in [0.2, 0.25) is 11.8 Å². The van der Waals surface area contributed by atoms with Crippen LogP contribution in [0.25, 0.3) is 53.7 Å². The largest absolute Gasteiger partial charge is 0.453 e. The molecular weight excluding hydrogens is 777 g/mol. The van der Waals surface area contributed by atoms with Crippen molar-refractivity contribution in [2.24, 2.45) is 11.8 Å². The lowest BCUT2D eigenvalue weighted by Crippen LogP contribution is -2.51. The molecule has 6 heterocycles. The van der Waals surface area contributed by atoms with Crippen LogP contribution in [0.5, 0.6) is 0 Å². The number of aromatic nitrogens is 4. The van der Waals surface area contributed by atoms with E-state index in [2.05, 4.69) is 43.5 Å². The van der Waals surface area contributed by atoms with Crippen molar-refractivity contribution >= 4 is 78.1 Å². The van der Waals surface area contributed by atoms with Crippen molar-refractivity contribution in [1.29, 1.82) is 0 Å². The SMILES string of the molecule is COC(=O)N[C@H](C(=O)N1CCCC1c1nc2c(-c3csc4c(-c5cccc6[nH]c(C7CCCN7C(=O)[C@@H](NC(=O)OC)C(C)C)nc56)csc34)cccc2[nH]1)C(C)C. The van der Waals surface area contributed by atoms with Crippen molar-refractivity contribution in [2.75, 3.05) is 27.3 Å². The summed E-state index contributed by atoms with van der Waals surface area (Å²) in [5, 5.41) is 9.84. The molecule has 2 saturated heterocycles. The number of thiophene rings is 2. The molecule has 2 fully saturated rings. The molecule has 8 rings (SSSR count). The summed E-state index contributed by atoms with van der Waals surface area (Å²) in [5.41, 5.74) is 7.68. The zero-order valence-electron chi connectivity index (χ0n) is 33.4. The maximum absolute atomic E-state index is 13.8. The third kappa shape index (κ3) is 7.05. The standard InChI is InChI=1S/C42H48N8O6S2/c1-21(2)31(47-41(53)55-5)39(51)49-17-9-15-29(49)37-43-27-13-7-11-23(33(27)45-37)25-19-57-36-26(20-58-35(25)36)24-12-8-14-28-34(24)46-38(44-28)30-16-10-18-50(30)40(52)32(22(3)4)48-42(54)56-6/h7-8,11-14,19-22,29-32H,9-10,15-18H2,1-6H3,(H,43,45)(H,44,46)(H,47,53)(H,48,54)/t29?,30?,31-,32-/m0/s1. The van der Waals surface area contributed by atoms with Crippen molar-refractivity contribution in [3.63, 3.8) is 0 Å². The number of fused-ring (bicyclic) bond motifs is 3. The molecule has 16 heteroatoms. The van der Waals surface area contributed by atoms with Gasteiger partial charge in [-0.3, -0.25) is 9.59 Å². The molecule has 2 aliphatic rings. The molecule has 2 aliphatic heterocycles. The Morgan fingerprint density at radius 1 is 0.672 bits per heavy atom. The Hall–Kier alpha value is -5.48. The van der Waals surface area contributed by atoms with Crippen LogP contribution in [-0.4, -0.2) is 93.1 Å². The molecule has 6 aromatic rings. The highest BCUT2D eigenvalue weighted by Gasteiger charge is 2.39. The first-order valence-electron chi connectivity index (χ1n) is 19.8. The Kier molecular flexibility index (Phi) is 10.9. The minimum atomic E-state index is -0.708. The number of hydrogen-bond donors (Lipinski definition) is 4. The van der Waals surface area contributed by atoms with Crippen LogP contribution in [0, 0.1) is 11.8 Å². The molecule has 14 nitrogen and oxygen atoms in total. The number of carbonyl (C=O) groups is 4. The number of benzene rings is 2. The van der Waals surface area contributed by atoms with Gasteiger partial charge in [0, 0.05) is 46.1 Å². The molecule has 0 bridgehead atoms. The van der Waals surface area contributed by atoms with Gasteiger partial charge in [0.25, 0.3) is 0 Å². The third-order valence-electron chi connectivity index (χ3n) is 11.4. The monoisotopic (exact) mass is 824 g/mol. The van der Waals surface area contributed by atoms with Crippen molar-refractivity contribution < 1.29 is 28.7 Å². The molecular formula is C42H48N8O6S2. The van der Waals surface area contributed by atoms with Gasteiger partial charge in [-0.1, -0.05) is 52.0 Å². The summed E-state index contributed by atoms with van der Waals surface area (Å²) in [5.74, 6) is 0.932. The lowest BCUT2D eigenvalue weighted by atomic mass is 10.0. The van der Waals surface area contributed by atoms with E-state index < -0.39 is 24.3 Å². The second-order valence-electron chi connectivity index (χ2n) is 15.7. The maximum atomic E-state index is 13.8. The first kappa shape index (κ1) is 39.4. The highest BCUT2D eigenvalue weighted by atomic mass is 32.1. The van der Waals surface area contributed by atoms with Crippen molar-refractivity contribution in [2.45, 2.75) is 77.5 Å². The third-order valence-corrected chi connectivity index (χ3v) is 13.6. The predicted molar refractivity (Wildman–Crippen MR) is 226 cm³/mol. The summed E-state index contributed by atoms with van der Waals surface area (Å²) in [6, 6.07) is 10.4. The predicted octanol–water partition coefficient (Wildman–Crippen LogP) is 8.14. The minimum Gasteiger partial charge on any atom is -0.453 e. The maximum Gasteiger partial charge on any atom is 0.407 e. The van der Waals surface area contributed by atoms with E-state index in [-0.39, 0.29) is 35.7 Å². The molecule has 0 saturated carbocycles. The molecule has 4 amide bonds. The van der Waals surface area contributed by atoms with Crippen LogP contribution in [0.4, 0.5) is 9.59 Å². The Labute approximate surface area is 343 Å². The Bertz CT molecular complexity index is 2350. The number of nitrogens with zero attached hydrogens (tertiary/aromatic N) is 4. The van der Waals surface area contributed by atoms with Crippen molar-refractivity contribution in [3.8, 4) is 22.3 Å². The topological polar surface area (TPSA) is 175 Å². The van der Waals surface area contributed by atoms with E-state index in [1.807, 2.05) is 61.8 Å². The summed E-state index contributed by atoms with van der Waals surface area (Å²) in [4.78, 5) is 72.9. The van der Waals surface area contributed by atoms with E-state index in [9.17, 15) is 19.2 Å². The van der Waals surface area contributed by atoms with Gasteiger partial charge in [-0.2, -0.15) is 0 Å². The number of rotatable bonds is 10. The minimum absolute atomic E-state index is 0.122. The zero-order chi connectivity index (χ0) is 40.8. The first-order valence-corrected chi connectivity index (χ1v) is 21.5. The van der Waals surface area contributed by atoms with E-state index in [0.717, 1.165) is 91.1 Å². The molecule has 58 heavy (non-hydrogen) atoms. The summed E-state index contributed by atoms with van der Waals surface area (Å²) in [6.07, 6.45) is 1.94. The van der Waals surface area contributed by atoms with Crippen LogP contribution < -0.4 is 10.6 Å². The molecule has 0 radical (unpaired) electrons. The molecule has 0 spiro atoms. The van der Waals surface area contributed by atoms with Crippen LogP contribution >= 0.6 is 22.7 Å². The van der Waals surface area contributed by atoms with Gasteiger partial charge in [-0.05, 0) is 49.7 Å². The fraction of sp³-hybridized carbons (Fsp3) is 0.429. The average molecular weight is 825 g/mol. The molecule has 4 N–H and O–H groups in total. The first-order chi connectivity index (χ1) is 28.0. The van der Waals surface area contributed by atoms with E-state index in [0.29, 0.717) is 13.1 Å². The number of likely N-dealkylation sites (tertiary alicyclic amines) is 2.